The first-order valence-electron chi connectivity index (χ1n) is 5.72. The van der Waals surface area contributed by atoms with Crippen molar-refractivity contribution in [3.05, 3.63) is 22.3 Å². The van der Waals surface area contributed by atoms with E-state index in [1.54, 1.807) is 20.8 Å². The van der Waals surface area contributed by atoms with Crippen LogP contribution in [0.25, 0.3) is 0 Å². The highest BCUT2D eigenvalue weighted by atomic mass is 19.4. The molecule has 0 heterocycles. The van der Waals surface area contributed by atoms with Gasteiger partial charge in [-0.25, -0.2) is 0 Å². The molecule has 1 aromatic carbocycles. The molecular formula is C13H17F3O2. The quantitative estimate of drug-likeness (QED) is 0.811. The third-order valence-electron chi connectivity index (χ3n) is 3.25. The molecule has 0 atom stereocenters. The van der Waals surface area contributed by atoms with E-state index in [1.807, 2.05) is 0 Å². The Bertz CT molecular complexity index is 422. The van der Waals surface area contributed by atoms with Crippen LogP contribution in [-0.2, 0) is 6.42 Å². The van der Waals surface area contributed by atoms with Crippen LogP contribution in [-0.4, -0.2) is 16.4 Å². The first-order chi connectivity index (χ1) is 8.15. The second-order valence-electron chi connectivity index (χ2n) is 4.52. The Balaban J connectivity index is 2.96. The number of phenolic OH excluding ortho intramolecular Hbond substituents is 2. The van der Waals surface area contributed by atoms with Crippen LogP contribution < -0.4 is 0 Å². The molecule has 0 amide bonds. The van der Waals surface area contributed by atoms with E-state index in [2.05, 4.69) is 0 Å². The average molecular weight is 262 g/mol. The van der Waals surface area contributed by atoms with E-state index in [-0.39, 0.29) is 24.3 Å². The highest BCUT2D eigenvalue weighted by Crippen LogP contribution is 2.37. The van der Waals surface area contributed by atoms with Crippen molar-refractivity contribution in [3.63, 3.8) is 0 Å². The van der Waals surface area contributed by atoms with Gasteiger partial charge in [0, 0.05) is 12.0 Å². The number of benzene rings is 1. The van der Waals surface area contributed by atoms with Gasteiger partial charge in [-0.15, -0.1) is 0 Å². The molecule has 0 fully saturated rings. The summed E-state index contributed by atoms with van der Waals surface area (Å²) in [5.74, 6) is 0.0392. The Hall–Kier alpha value is -1.39. The molecule has 18 heavy (non-hydrogen) atoms. The van der Waals surface area contributed by atoms with Gasteiger partial charge in [-0.05, 0) is 50.3 Å². The van der Waals surface area contributed by atoms with Crippen molar-refractivity contribution >= 4 is 0 Å². The molecule has 102 valence electrons. The summed E-state index contributed by atoms with van der Waals surface area (Å²) >= 11 is 0. The van der Waals surface area contributed by atoms with E-state index in [4.69, 9.17) is 0 Å². The van der Waals surface area contributed by atoms with Crippen molar-refractivity contribution in [3.8, 4) is 11.5 Å². The lowest BCUT2D eigenvalue weighted by atomic mass is 9.94. The van der Waals surface area contributed by atoms with Gasteiger partial charge in [-0.3, -0.25) is 0 Å². The number of phenols is 2. The van der Waals surface area contributed by atoms with Gasteiger partial charge in [-0.1, -0.05) is 0 Å². The first kappa shape index (κ1) is 14.7. The van der Waals surface area contributed by atoms with Crippen molar-refractivity contribution in [2.45, 2.75) is 46.2 Å². The van der Waals surface area contributed by atoms with Gasteiger partial charge in [0.05, 0.1) is 0 Å². The van der Waals surface area contributed by atoms with E-state index < -0.39 is 12.6 Å². The maximum absolute atomic E-state index is 12.1. The summed E-state index contributed by atoms with van der Waals surface area (Å²) < 4.78 is 36.2. The maximum atomic E-state index is 12.1. The molecule has 1 rings (SSSR count). The summed E-state index contributed by atoms with van der Waals surface area (Å²) in [6.45, 7) is 4.90. The third-order valence-corrected chi connectivity index (χ3v) is 3.25. The van der Waals surface area contributed by atoms with Crippen LogP contribution in [0.4, 0.5) is 13.2 Å². The van der Waals surface area contributed by atoms with Crippen LogP contribution in [0.1, 0.15) is 35.1 Å². The highest BCUT2D eigenvalue weighted by molar-refractivity contribution is 5.56. The number of aromatic hydroxyl groups is 2. The van der Waals surface area contributed by atoms with Crippen LogP contribution in [0.5, 0.6) is 11.5 Å². The molecule has 0 aliphatic heterocycles. The summed E-state index contributed by atoms with van der Waals surface area (Å²) in [5.41, 5.74) is 1.93. The summed E-state index contributed by atoms with van der Waals surface area (Å²) in [6, 6.07) is 0. The van der Waals surface area contributed by atoms with Gasteiger partial charge in [0.15, 0.2) is 0 Å². The van der Waals surface area contributed by atoms with E-state index in [1.165, 1.54) is 0 Å². The van der Waals surface area contributed by atoms with Gasteiger partial charge >= 0.3 is 6.18 Å². The lowest BCUT2D eigenvalue weighted by molar-refractivity contribution is -0.135. The Morgan fingerprint density at radius 1 is 0.889 bits per heavy atom. The average Bonchev–Trinajstić information content (AvgIpc) is 2.27. The Morgan fingerprint density at radius 2 is 1.39 bits per heavy atom. The molecule has 5 heteroatoms. The predicted molar refractivity (Wildman–Crippen MR) is 63.0 cm³/mol. The molecule has 0 aliphatic rings. The van der Waals surface area contributed by atoms with Crippen molar-refractivity contribution in [2.75, 3.05) is 0 Å². The number of hydrogen-bond donors (Lipinski definition) is 2. The molecular weight excluding hydrogens is 245 g/mol. The fourth-order valence-corrected chi connectivity index (χ4v) is 1.95. The van der Waals surface area contributed by atoms with Crippen molar-refractivity contribution in [1.29, 1.82) is 0 Å². The molecule has 0 saturated carbocycles. The zero-order valence-corrected chi connectivity index (χ0v) is 10.6. The zero-order valence-electron chi connectivity index (χ0n) is 10.6. The van der Waals surface area contributed by atoms with E-state index >= 15 is 0 Å². The molecule has 0 aliphatic carbocycles. The summed E-state index contributed by atoms with van der Waals surface area (Å²) in [4.78, 5) is 0. The van der Waals surface area contributed by atoms with Gasteiger partial charge in [0.1, 0.15) is 11.5 Å². The zero-order chi connectivity index (χ0) is 14.1. The first-order valence-corrected chi connectivity index (χ1v) is 5.72. The van der Waals surface area contributed by atoms with E-state index in [0.29, 0.717) is 22.3 Å². The topological polar surface area (TPSA) is 40.5 Å². The summed E-state index contributed by atoms with van der Waals surface area (Å²) in [7, 11) is 0. The standard InChI is InChI=1S/C13H17F3O2/c1-7-8(2)12(18)10(9(3)11(7)17)5-4-6-13(14,15)16/h17-18H,4-6H2,1-3H3. The minimum absolute atomic E-state index is 0.00928. The number of alkyl halides is 3. The largest absolute Gasteiger partial charge is 0.507 e. The molecule has 0 aromatic heterocycles. The second-order valence-corrected chi connectivity index (χ2v) is 4.52. The Morgan fingerprint density at radius 3 is 1.89 bits per heavy atom. The van der Waals surface area contributed by atoms with Crippen LogP contribution >= 0.6 is 0 Å². The smallest absolute Gasteiger partial charge is 0.389 e. The minimum Gasteiger partial charge on any atom is -0.507 e. The highest BCUT2D eigenvalue weighted by Gasteiger charge is 2.26. The van der Waals surface area contributed by atoms with Crippen LogP contribution in [0, 0.1) is 20.8 Å². The monoisotopic (exact) mass is 262 g/mol. The fourth-order valence-electron chi connectivity index (χ4n) is 1.95. The van der Waals surface area contributed by atoms with Gasteiger partial charge in [0.25, 0.3) is 0 Å². The van der Waals surface area contributed by atoms with Crippen LogP contribution in [0.3, 0.4) is 0 Å². The van der Waals surface area contributed by atoms with Crippen LogP contribution in [0.15, 0.2) is 0 Å². The molecule has 2 nitrogen and oxygen atoms in total. The molecule has 2 N–H and O–H groups in total. The fraction of sp³-hybridized carbons (Fsp3) is 0.538. The van der Waals surface area contributed by atoms with Gasteiger partial charge < -0.3 is 10.2 Å². The second kappa shape index (κ2) is 5.08. The lowest BCUT2D eigenvalue weighted by Crippen LogP contribution is -2.07. The summed E-state index contributed by atoms with van der Waals surface area (Å²) in [5, 5.41) is 19.7. The van der Waals surface area contributed by atoms with Crippen molar-refractivity contribution < 1.29 is 23.4 Å². The predicted octanol–water partition coefficient (Wildman–Crippen LogP) is 3.91. The van der Waals surface area contributed by atoms with Crippen molar-refractivity contribution in [1.82, 2.24) is 0 Å². The van der Waals surface area contributed by atoms with E-state index in [9.17, 15) is 23.4 Å². The molecule has 0 bridgehead atoms. The molecule has 0 saturated heterocycles. The Labute approximate surface area is 104 Å². The van der Waals surface area contributed by atoms with Crippen molar-refractivity contribution in [2.24, 2.45) is 0 Å². The molecule has 0 unspecified atom stereocenters. The summed E-state index contributed by atoms with van der Waals surface area (Å²) in [6.07, 6.45) is -5.07. The van der Waals surface area contributed by atoms with Gasteiger partial charge in [-0.2, -0.15) is 13.2 Å². The molecule has 0 radical (unpaired) electrons. The number of rotatable bonds is 3. The lowest BCUT2D eigenvalue weighted by Gasteiger charge is -2.16. The third kappa shape index (κ3) is 3.09. The number of halogens is 3. The van der Waals surface area contributed by atoms with Crippen LogP contribution in [0.2, 0.25) is 0 Å². The normalized spacial score (nSPS) is 11.9. The Kier molecular flexibility index (Phi) is 4.14. The van der Waals surface area contributed by atoms with E-state index in [0.717, 1.165) is 0 Å². The SMILES string of the molecule is Cc1c(C)c(O)c(CCCC(F)(F)F)c(C)c1O. The minimum atomic E-state index is -4.19. The maximum Gasteiger partial charge on any atom is 0.389 e. The molecule has 1 aromatic rings. The van der Waals surface area contributed by atoms with Gasteiger partial charge in [0.2, 0.25) is 0 Å². The number of hydrogen-bond acceptors (Lipinski definition) is 2. The molecule has 0 spiro atoms.